The molecule has 4 rings (SSSR count). The molecule has 1 aromatic heterocycles. The van der Waals surface area contributed by atoms with Gasteiger partial charge in [-0.05, 0) is 37.2 Å². The van der Waals surface area contributed by atoms with Crippen molar-refractivity contribution >= 4 is 11.9 Å². The normalized spacial score (nSPS) is 19.3. The van der Waals surface area contributed by atoms with Gasteiger partial charge < -0.3 is 14.6 Å². The van der Waals surface area contributed by atoms with E-state index in [1.54, 1.807) is 0 Å². The molecule has 1 amide bonds. The van der Waals surface area contributed by atoms with Gasteiger partial charge in [-0.2, -0.15) is 0 Å². The van der Waals surface area contributed by atoms with Crippen molar-refractivity contribution in [3.05, 3.63) is 41.8 Å². The summed E-state index contributed by atoms with van der Waals surface area (Å²) in [5.74, 6) is 1.11. The highest BCUT2D eigenvalue weighted by atomic mass is 16.4. The van der Waals surface area contributed by atoms with Crippen molar-refractivity contribution in [3.63, 3.8) is 0 Å². The highest BCUT2D eigenvalue weighted by molar-refractivity contribution is 5.76. The summed E-state index contributed by atoms with van der Waals surface area (Å²) in [7, 11) is 0. The first-order valence-corrected chi connectivity index (χ1v) is 11.7. The molecule has 1 saturated heterocycles. The minimum Gasteiger partial charge on any atom is -0.406 e. The summed E-state index contributed by atoms with van der Waals surface area (Å²) in [6.07, 6.45) is 12.2. The van der Waals surface area contributed by atoms with E-state index in [1.807, 2.05) is 18.2 Å². The first kappa shape index (κ1) is 20.9. The molecule has 0 radical (unpaired) electrons. The minimum atomic E-state index is -0.295. The lowest BCUT2D eigenvalue weighted by Gasteiger charge is -2.22. The van der Waals surface area contributed by atoms with Crippen LogP contribution in [0.5, 0.6) is 0 Å². The molecule has 0 spiro atoms. The zero-order chi connectivity index (χ0) is 20.6. The average molecular weight is 411 g/mol. The number of benzene rings is 1. The second-order valence-electron chi connectivity index (χ2n) is 8.84. The zero-order valence-corrected chi connectivity index (χ0v) is 17.9. The Morgan fingerprint density at radius 3 is 2.43 bits per heavy atom. The van der Waals surface area contributed by atoms with Crippen LogP contribution in [0, 0.1) is 5.92 Å². The molecular weight excluding hydrogens is 376 g/mol. The van der Waals surface area contributed by atoms with Gasteiger partial charge in [0.2, 0.25) is 11.8 Å². The fraction of sp³-hybridized carbons (Fsp3) is 0.625. The van der Waals surface area contributed by atoms with Crippen LogP contribution in [0.3, 0.4) is 0 Å². The van der Waals surface area contributed by atoms with E-state index in [4.69, 9.17) is 4.42 Å². The molecule has 162 valence electrons. The summed E-state index contributed by atoms with van der Waals surface area (Å²) in [4.78, 5) is 15.0. The lowest BCUT2D eigenvalue weighted by atomic mass is 9.87. The molecule has 2 fully saturated rings. The molecule has 30 heavy (non-hydrogen) atoms. The molecule has 0 bridgehead atoms. The molecule has 2 aliphatic rings. The minimum absolute atomic E-state index is 0.0948. The lowest BCUT2D eigenvalue weighted by molar-refractivity contribution is -0.123. The largest absolute Gasteiger partial charge is 0.406 e. The van der Waals surface area contributed by atoms with Crippen LogP contribution in [0.25, 0.3) is 0 Å². The van der Waals surface area contributed by atoms with E-state index in [-0.39, 0.29) is 11.9 Å². The van der Waals surface area contributed by atoms with Gasteiger partial charge in [0, 0.05) is 25.9 Å². The monoisotopic (exact) mass is 410 g/mol. The van der Waals surface area contributed by atoms with Crippen molar-refractivity contribution in [2.75, 3.05) is 18.0 Å². The number of rotatable bonds is 7. The number of aromatic nitrogens is 2. The highest BCUT2D eigenvalue weighted by Crippen LogP contribution is 2.27. The van der Waals surface area contributed by atoms with Gasteiger partial charge in [0.25, 0.3) is 0 Å². The summed E-state index contributed by atoms with van der Waals surface area (Å²) in [6.45, 7) is 1.91. The SMILES string of the molecule is O=C(CC1CCCCC1)N[C@H](Cc1ccccc1)c1nnc(N2CCCCCC2)o1. The molecule has 1 aromatic carbocycles. The standard InChI is InChI=1S/C24H34N4O2/c29-22(18-20-13-7-4-8-14-20)25-21(17-19-11-5-3-6-12-19)23-26-27-24(30-23)28-15-9-1-2-10-16-28/h3,5-6,11-12,20-21H,1-2,4,7-10,13-18H2,(H,25,29)/t21-/m1/s1. The Bertz CT molecular complexity index is 778. The number of anilines is 1. The Kier molecular flexibility index (Phi) is 7.38. The fourth-order valence-electron chi connectivity index (χ4n) is 4.71. The number of carbonyl (C=O) groups is 1. The third kappa shape index (κ3) is 5.83. The van der Waals surface area contributed by atoms with Crippen LogP contribution in [0.2, 0.25) is 0 Å². The van der Waals surface area contributed by atoms with Crippen molar-refractivity contribution in [1.82, 2.24) is 15.5 Å². The summed E-state index contributed by atoms with van der Waals surface area (Å²) >= 11 is 0. The van der Waals surface area contributed by atoms with Crippen LogP contribution >= 0.6 is 0 Å². The van der Waals surface area contributed by atoms with E-state index in [1.165, 1.54) is 32.1 Å². The Labute approximate surface area is 179 Å². The maximum atomic E-state index is 12.8. The predicted molar refractivity (Wildman–Crippen MR) is 117 cm³/mol. The van der Waals surface area contributed by atoms with Crippen LogP contribution < -0.4 is 10.2 Å². The third-order valence-corrected chi connectivity index (χ3v) is 6.42. The van der Waals surface area contributed by atoms with Gasteiger partial charge in [-0.15, -0.1) is 5.10 Å². The van der Waals surface area contributed by atoms with Gasteiger partial charge in [0.1, 0.15) is 6.04 Å². The van der Waals surface area contributed by atoms with Gasteiger partial charge in [0.05, 0.1) is 0 Å². The van der Waals surface area contributed by atoms with Crippen molar-refractivity contribution in [3.8, 4) is 0 Å². The van der Waals surface area contributed by atoms with Crippen LogP contribution in [0.1, 0.15) is 81.7 Å². The average Bonchev–Trinajstić information content (AvgIpc) is 3.10. The highest BCUT2D eigenvalue weighted by Gasteiger charge is 2.25. The van der Waals surface area contributed by atoms with E-state index >= 15 is 0 Å². The fourth-order valence-corrected chi connectivity index (χ4v) is 4.71. The van der Waals surface area contributed by atoms with Crippen molar-refractivity contribution in [2.24, 2.45) is 5.92 Å². The summed E-state index contributed by atoms with van der Waals surface area (Å²) in [6, 6.07) is 10.5. The predicted octanol–water partition coefficient (Wildman–Crippen LogP) is 4.82. The Morgan fingerprint density at radius 2 is 1.70 bits per heavy atom. The zero-order valence-electron chi connectivity index (χ0n) is 17.9. The van der Waals surface area contributed by atoms with E-state index < -0.39 is 0 Å². The second-order valence-corrected chi connectivity index (χ2v) is 8.84. The van der Waals surface area contributed by atoms with E-state index in [2.05, 4.69) is 32.5 Å². The summed E-state index contributed by atoms with van der Waals surface area (Å²) < 4.78 is 6.09. The van der Waals surface area contributed by atoms with Crippen LogP contribution in [0.15, 0.2) is 34.7 Å². The Balaban J connectivity index is 1.46. The molecule has 2 aromatic rings. The molecule has 0 unspecified atom stereocenters. The molecule has 6 nitrogen and oxygen atoms in total. The van der Waals surface area contributed by atoms with E-state index in [0.29, 0.717) is 30.7 Å². The first-order chi connectivity index (χ1) is 14.8. The molecule has 1 aliphatic carbocycles. The maximum Gasteiger partial charge on any atom is 0.318 e. The summed E-state index contributed by atoms with van der Waals surface area (Å²) in [5, 5.41) is 11.9. The molecular formula is C24H34N4O2. The van der Waals surface area contributed by atoms with Crippen molar-refractivity contribution < 1.29 is 9.21 Å². The van der Waals surface area contributed by atoms with Crippen molar-refractivity contribution in [1.29, 1.82) is 0 Å². The number of hydrogen-bond donors (Lipinski definition) is 1. The smallest absolute Gasteiger partial charge is 0.318 e. The number of nitrogens with zero attached hydrogens (tertiary/aromatic N) is 3. The molecule has 1 aliphatic heterocycles. The molecule has 6 heteroatoms. The van der Waals surface area contributed by atoms with Crippen LogP contribution in [-0.2, 0) is 11.2 Å². The van der Waals surface area contributed by atoms with Gasteiger partial charge in [-0.1, -0.05) is 67.5 Å². The van der Waals surface area contributed by atoms with E-state index in [9.17, 15) is 4.79 Å². The molecule has 2 heterocycles. The topological polar surface area (TPSA) is 71.3 Å². The maximum absolute atomic E-state index is 12.8. The molecule has 1 atom stereocenters. The van der Waals surface area contributed by atoms with Gasteiger partial charge in [-0.25, -0.2) is 0 Å². The number of carbonyl (C=O) groups excluding carboxylic acids is 1. The van der Waals surface area contributed by atoms with Gasteiger partial charge >= 0.3 is 6.01 Å². The second kappa shape index (κ2) is 10.6. The quantitative estimate of drug-likeness (QED) is 0.708. The molecule has 1 N–H and O–H groups in total. The third-order valence-electron chi connectivity index (χ3n) is 6.42. The van der Waals surface area contributed by atoms with Gasteiger partial charge in [0.15, 0.2) is 0 Å². The number of nitrogens with one attached hydrogen (secondary N) is 1. The lowest BCUT2D eigenvalue weighted by Crippen LogP contribution is -2.32. The van der Waals surface area contributed by atoms with Crippen LogP contribution in [-0.4, -0.2) is 29.2 Å². The van der Waals surface area contributed by atoms with Crippen LogP contribution in [0.4, 0.5) is 6.01 Å². The first-order valence-electron chi connectivity index (χ1n) is 11.7. The Morgan fingerprint density at radius 1 is 1.00 bits per heavy atom. The Hall–Kier alpha value is -2.37. The molecule has 1 saturated carbocycles. The van der Waals surface area contributed by atoms with E-state index in [0.717, 1.165) is 44.3 Å². The number of hydrogen-bond acceptors (Lipinski definition) is 5. The summed E-state index contributed by atoms with van der Waals surface area (Å²) in [5.41, 5.74) is 1.15. The number of amides is 1. The van der Waals surface area contributed by atoms with Crippen molar-refractivity contribution in [2.45, 2.75) is 76.7 Å². The van der Waals surface area contributed by atoms with Gasteiger partial charge in [-0.3, -0.25) is 4.79 Å².